The van der Waals surface area contributed by atoms with Gasteiger partial charge in [0.25, 0.3) is 11.6 Å². The van der Waals surface area contributed by atoms with Crippen molar-refractivity contribution in [2.45, 2.75) is 0 Å². The van der Waals surface area contributed by atoms with Crippen LogP contribution in [0.25, 0.3) is 0 Å². The molecule has 6 nitrogen and oxygen atoms in total. The molecule has 0 saturated carbocycles. The summed E-state index contributed by atoms with van der Waals surface area (Å²) in [6, 6.07) is 3.68. The number of halogens is 2. The van der Waals surface area contributed by atoms with E-state index in [4.69, 9.17) is 17.3 Å². The fourth-order valence-electron chi connectivity index (χ4n) is 1.08. The third-order valence-corrected chi connectivity index (χ3v) is 2.15. The lowest BCUT2D eigenvalue weighted by Gasteiger charge is -2.04. The van der Waals surface area contributed by atoms with Gasteiger partial charge in [0.05, 0.1) is 15.5 Å². The minimum absolute atomic E-state index is 0. The lowest BCUT2D eigenvalue weighted by atomic mass is 10.2. The van der Waals surface area contributed by atoms with Gasteiger partial charge in [-0.15, -0.1) is 12.4 Å². The molecule has 1 amide bonds. The van der Waals surface area contributed by atoms with Crippen molar-refractivity contribution in [2.24, 2.45) is 5.73 Å². The van der Waals surface area contributed by atoms with E-state index in [0.717, 1.165) is 6.07 Å². The number of carbonyl (C=O) groups is 1. The average molecular weight is 280 g/mol. The van der Waals surface area contributed by atoms with Crippen LogP contribution in [0.1, 0.15) is 10.4 Å². The van der Waals surface area contributed by atoms with Crippen LogP contribution in [0.3, 0.4) is 0 Å². The van der Waals surface area contributed by atoms with Gasteiger partial charge in [0, 0.05) is 25.2 Å². The number of rotatable bonds is 4. The maximum Gasteiger partial charge on any atom is 0.270 e. The molecule has 0 unspecified atom stereocenters. The topological polar surface area (TPSA) is 98.3 Å². The maximum absolute atomic E-state index is 11.5. The Hall–Kier alpha value is -1.37. The van der Waals surface area contributed by atoms with Gasteiger partial charge in [0.15, 0.2) is 0 Å². The number of nitrogens with one attached hydrogen (secondary N) is 1. The number of amides is 1. The fraction of sp³-hybridized carbons (Fsp3) is 0.222. The Morgan fingerprint density at radius 3 is 2.65 bits per heavy atom. The molecule has 0 aliphatic carbocycles. The van der Waals surface area contributed by atoms with Gasteiger partial charge in [-0.3, -0.25) is 14.9 Å². The van der Waals surface area contributed by atoms with Gasteiger partial charge in [-0.05, 0) is 6.07 Å². The van der Waals surface area contributed by atoms with Crippen LogP contribution in [0.15, 0.2) is 18.2 Å². The highest BCUT2D eigenvalue weighted by atomic mass is 35.5. The number of nitro groups is 1. The van der Waals surface area contributed by atoms with Gasteiger partial charge < -0.3 is 11.1 Å². The zero-order valence-corrected chi connectivity index (χ0v) is 10.3. The number of nitrogens with zero attached hydrogens (tertiary/aromatic N) is 1. The monoisotopic (exact) mass is 279 g/mol. The van der Waals surface area contributed by atoms with E-state index >= 15 is 0 Å². The second-order valence-corrected chi connectivity index (χ2v) is 3.37. The predicted octanol–water partition coefficient (Wildman–Crippen LogP) is 1.36. The largest absolute Gasteiger partial charge is 0.351 e. The van der Waals surface area contributed by atoms with Crippen LogP contribution in [0.2, 0.25) is 5.02 Å². The van der Waals surface area contributed by atoms with E-state index in [0.29, 0.717) is 13.1 Å². The molecule has 0 radical (unpaired) electrons. The summed E-state index contributed by atoms with van der Waals surface area (Å²) in [6.45, 7) is 0.641. The van der Waals surface area contributed by atoms with E-state index in [9.17, 15) is 14.9 Å². The van der Waals surface area contributed by atoms with E-state index in [2.05, 4.69) is 5.32 Å². The molecule has 0 bridgehead atoms. The number of hydrogen-bond donors (Lipinski definition) is 2. The van der Waals surface area contributed by atoms with Crippen LogP contribution in [0.4, 0.5) is 5.69 Å². The first-order chi connectivity index (χ1) is 7.56. The molecule has 0 aliphatic rings. The third kappa shape index (κ3) is 4.18. The van der Waals surface area contributed by atoms with Crippen molar-refractivity contribution in [3.63, 3.8) is 0 Å². The lowest BCUT2D eigenvalue weighted by molar-refractivity contribution is -0.384. The minimum atomic E-state index is -0.576. The highest BCUT2D eigenvalue weighted by Gasteiger charge is 2.14. The van der Waals surface area contributed by atoms with Crippen molar-refractivity contribution < 1.29 is 9.72 Å². The number of nitro benzene ring substituents is 1. The first-order valence-electron chi connectivity index (χ1n) is 4.48. The van der Waals surface area contributed by atoms with Crippen molar-refractivity contribution in [1.29, 1.82) is 0 Å². The summed E-state index contributed by atoms with van der Waals surface area (Å²) in [7, 11) is 0. The van der Waals surface area contributed by atoms with Gasteiger partial charge in [0.1, 0.15) is 0 Å². The van der Waals surface area contributed by atoms with Crippen LogP contribution in [-0.4, -0.2) is 23.9 Å². The smallest absolute Gasteiger partial charge is 0.270 e. The van der Waals surface area contributed by atoms with Crippen LogP contribution in [0.5, 0.6) is 0 Å². The molecule has 1 aromatic rings. The predicted molar refractivity (Wildman–Crippen MR) is 66.7 cm³/mol. The average Bonchev–Trinajstić information content (AvgIpc) is 2.25. The van der Waals surface area contributed by atoms with E-state index in [-0.39, 0.29) is 28.7 Å². The van der Waals surface area contributed by atoms with Crippen LogP contribution < -0.4 is 11.1 Å². The van der Waals surface area contributed by atoms with Gasteiger partial charge in [0.2, 0.25) is 0 Å². The maximum atomic E-state index is 11.5. The summed E-state index contributed by atoms with van der Waals surface area (Å²) in [4.78, 5) is 21.3. The molecule has 94 valence electrons. The molecule has 0 spiro atoms. The van der Waals surface area contributed by atoms with E-state index < -0.39 is 10.8 Å². The molecule has 17 heavy (non-hydrogen) atoms. The Labute approximate surface area is 109 Å². The quantitative estimate of drug-likeness (QED) is 0.642. The second kappa shape index (κ2) is 7.05. The van der Waals surface area contributed by atoms with Crippen LogP contribution >= 0.6 is 24.0 Å². The van der Waals surface area contributed by atoms with Crippen molar-refractivity contribution in [3.05, 3.63) is 38.9 Å². The zero-order chi connectivity index (χ0) is 12.1. The van der Waals surface area contributed by atoms with Gasteiger partial charge >= 0.3 is 0 Å². The molecule has 1 rings (SSSR count). The SMILES string of the molecule is Cl.NCCNC(=O)c1ccc([N+](=O)[O-])cc1Cl. The molecule has 0 saturated heterocycles. The number of non-ortho nitro benzene ring substituents is 1. The number of benzene rings is 1. The Morgan fingerprint density at radius 2 is 2.18 bits per heavy atom. The number of hydrogen-bond acceptors (Lipinski definition) is 4. The molecule has 0 heterocycles. The molecule has 8 heteroatoms. The summed E-state index contributed by atoms with van der Waals surface area (Å²) in [5.41, 5.74) is 5.26. The number of nitrogens with two attached hydrogens (primary N) is 1. The van der Waals surface area contributed by atoms with Gasteiger partial charge in [-0.25, -0.2) is 0 Å². The third-order valence-electron chi connectivity index (χ3n) is 1.84. The summed E-state index contributed by atoms with van der Waals surface area (Å²) < 4.78 is 0. The molecule has 3 N–H and O–H groups in total. The van der Waals surface area contributed by atoms with Crippen LogP contribution in [-0.2, 0) is 0 Å². The normalized spacial score (nSPS) is 9.29. The minimum Gasteiger partial charge on any atom is -0.351 e. The number of carbonyl (C=O) groups excluding carboxylic acids is 1. The molecule has 0 atom stereocenters. The Morgan fingerprint density at radius 1 is 1.53 bits per heavy atom. The summed E-state index contributed by atoms with van der Waals surface area (Å²) in [6.07, 6.45) is 0. The molecule has 1 aromatic carbocycles. The highest BCUT2D eigenvalue weighted by Crippen LogP contribution is 2.22. The Bertz CT molecular complexity index is 426. The first-order valence-corrected chi connectivity index (χ1v) is 4.86. The second-order valence-electron chi connectivity index (χ2n) is 2.97. The highest BCUT2D eigenvalue weighted by molar-refractivity contribution is 6.34. The summed E-state index contributed by atoms with van der Waals surface area (Å²) in [5.74, 6) is -0.398. The summed E-state index contributed by atoms with van der Waals surface area (Å²) >= 11 is 5.75. The van der Waals surface area contributed by atoms with E-state index in [1.54, 1.807) is 0 Å². The Kier molecular flexibility index (Phi) is 6.48. The standard InChI is InChI=1S/C9H10ClN3O3.ClH/c10-8-5-6(13(15)16)1-2-7(8)9(14)12-4-3-11;/h1-2,5H,3-4,11H2,(H,12,14);1H. The summed E-state index contributed by atoms with van der Waals surface area (Å²) in [5, 5.41) is 13.0. The molecular formula is C9H11Cl2N3O3. The van der Waals surface area contributed by atoms with Crippen molar-refractivity contribution >= 4 is 35.6 Å². The van der Waals surface area contributed by atoms with Crippen molar-refractivity contribution in [2.75, 3.05) is 13.1 Å². The van der Waals surface area contributed by atoms with Crippen LogP contribution in [0, 0.1) is 10.1 Å². The van der Waals surface area contributed by atoms with Gasteiger partial charge in [-0.2, -0.15) is 0 Å². The first kappa shape index (κ1) is 15.6. The fourth-order valence-corrected chi connectivity index (χ4v) is 1.34. The molecule has 0 fully saturated rings. The van der Waals surface area contributed by atoms with E-state index in [1.165, 1.54) is 12.1 Å². The zero-order valence-electron chi connectivity index (χ0n) is 8.68. The molecule has 0 aliphatic heterocycles. The van der Waals surface area contributed by atoms with Gasteiger partial charge in [-0.1, -0.05) is 11.6 Å². The molecule has 0 aromatic heterocycles. The van der Waals surface area contributed by atoms with Crippen molar-refractivity contribution in [1.82, 2.24) is 5.32 Å². The lowest BCUT2D eigenvalue weighted by Crippen LogP contribution is -2.29. The molecular weight excluding hydrogens is 269 g/mol. The Balaban J connectivity index is 0.00000256. The van der Waals surface area contributed by atoms with Crippen molar-refractivity contribution in [3.8, 4) is 0 Å². The van der Waals surface area contributed by atoms with E-state index in [1.807, 2.05) is 0 Å².